The van der Waals surface area contributed by atoms with Gasteiger partial charge in [-0.25, -0.2) is 8.42 Å². The van der Waals surface area contributed by atoms with Crippen LogP contribution < -0.4 is 9.47 Å². The van der Waals surface area contributed by atoms with Gasteiger partial charge in [0, 0.05) is 20.1 Å². The molecule has 0 aliphatic heterocycles. The summed E-state index contributed by atoms with van der Waals surface area (Å²) >= 11 is 0. The lowest BCUT2D eigenvalue weighted by atomic mass is 10.2. The van der Waals surface area contributed by atoms with Crippen LogP contribution in [0.4, 0.5) is 0 Å². The lowest BCUT2D eigenvalue weighted by molar-refractivity contribution is -0.130. The van der Waals surface area contributed by atoms with Gasteiger partial charge in [-0.15, -0.1) is 0 Å². The van der Waals surface area contributed by atoms with Crippen molar-refractivity contribution in [3.63, 3.8) is 0 Å². The molecule has 0 saturated heterocycles. The van der Waals surface area contributed by atoms with Crippen molar-refractivity contribution in [2.45, 2.75) is 24.9 Å². The molecule has 34 heavy (non-hydrogen) atoms. The Kier molecular flexibility index (Phi) is 8.31. The number of likely N-dealkylation sites (N-methyl/N-ethyl adjacent to an activating group) is 1. The number of methoxy groups -OCH3 is 2. The van der Waals surface area contributed by atoms with Crippen LogP contribution in [0.1, 0.15) is 16.7 Å². The summed E-state index contributed by atoms with van der Waals surface area (Å²) in [4.78, 5) is 14.7. The van der Waals surface area contributed by atoms with Crippen molar-refractivity contribution in [2.75, 3.05) is 27.8 Å². The van der Waals surface area contributed by atoms with Crippen LogP contribution in [0.2, 0.25) is 0 Å². The minimum Gasteiger partial charge on any atom is -0.497 e. The third kappa shape index (κ3) is 6.15. The molecule has 0 heterocycles. The van der Waals surface area contributed by atoms with Crippen LogP contribution in [-0.4, -0.2) is 51.3 Å². The molecule has 7 nitrogen and oxygen atoms in total. The van der Waals surface area contributed by atoms with Crippen molar-refractivity contribution < 1.29 is 22.7 Å². The van der Waals surface area contributed by atoms with Crippen molar-refractivity contribution in [3.05, 3.63) is 89.5 Å². The third-order valence-electron chi connectivity index (χ3n) is 5.45. The number of rotatable bonds is 10. The summed E-state index contributed by atoms with van der Waals surface area (Å²) in [5, 5.41) is 0. The van der Waals surface area contributed by atoms with Gasteiger partial charge in [0.05, 0.1) is 20.8 Å². The molecule has 0 spiro atoms. The molecule has 1 amide bonds. The zero-order chi connectivity index (χ0) is 24.7. The Bertz CT molecular complexity index is 1210. The van der Waals surface area contributed by atoms with Gasteiger partial charge in [-0.1, -0.05) is 48.5 Å². The molecule has 0 aliphatic carbocycles. The molecule has 8 heteroatoms. The molecule has 180 valence electrons. The van der Waals surface area contributed by atoms with Crippen LogP contribution in [0, 0.1) is 6.92 Å². The van der Waals surface area contributed by atoms with E-state index in [1.165, 1.54) is 16.3 Å². The summed E-state index contributed by atoms with van der Waals surface area (Å²) in [6, 6.07) is 21.6. The average Bonchev–Trinajstić information content (AvgIpc) is 2.84. The second kappa shape index (κ2) is 11.2. The Morgan fingerprint density at radius 2 is 1.50 bits per heavy atom. The van der Waals surface area contributed by atoms with E-state index in [2.05, 4.69) is 0 Å². The number of aryl methyl sites for hydroxylation is 1. The first-order chi connectivity index (χ1) is 16.2. The van der Waals surface area contributed by atoms with E-state index >= 15 is 0 Å². The fraction of sp³-hybridized carbons (Fsp3) is 0.269. The Morgan fingerprint density at radius 3 is 2.12 bits per heavy atom. The van der Waals surface area contributed by atoms with E-state index in [4.69, 9.17) is 9.47 Å². The van der Waals surface area contributed by atoms with E-state index in [1.807, 2.05) is 61.5 Å². The van der Waals surface area contributed by atoms with Gasteiger partial charge in [0.2, 0.25) is 15.9 Å². The van der Waals surface area contributed by atoms with Crippen molar-refractivity contribution in [3.8, 4) is 11.5 Å². The van der Waals surface area contributed by atoms with Crippen LogP contribution in [0.5, 0.6) is 11.5 Å². The molecule has 3 aromatic carbocycles. The van der Waals surface area contributed by atoms with Crippen LogP contribution in [0.15, 0.2) is 77.7 Å². The highest BCUT2D eigenvalue weighted by Gasteiger charge is 2.30. The first kappa shape index (κ1) is 25.3. The standard InChI is InChI=1S/C26H30N2O5S/c1-20-10-15-24(33-4)25(16-20)34(30,31)28(18-21-8-6-5-7-9-21)19-26(29)27(2)17-22-11-13-23(32-3)14-12-22/h5-16H,17-19H2,1-4H3. The summed E-state index contributed by atoms with van der Waals surface area (Å²) in [6.45, 7) is 1.91. The van der Waals surface area contributed by atoms with Crippen molar-refractivity contribution in [1.82, 2.24) is 9.21 Å². The second-order valence-electron chi connectivity index (χ2n) is 8.01. The number of carbonyl (C=O) groups excluding carboxylic acids is 1. The van der Waals surface area contributed by atoms with Gasteiger partial charge in [0.15, 0.2) is 0 Å². The van der Waals surface area contributed by atoms with Crippen molar-refractivity contribution in [1.29, 1.82) is 0 Å². The number of hydrogen-bond acceptors (Lipinski definition) is 5. The predicted octanol–water partition coefficient (Wildman–Crippen LogP) is 3.86. The summed E-state index contributed by atoms with van der Waals surface area (Å²) < 4.78 is 39.1. The van der Waals surface area contributed by atoms with Gasteiger partial charge < -0.3 is 14.4 Å². The molecule has 0 saturated carbocycles. The Balaban J connectivity index is 1.88. The molecule has 0 bridgehead atoms. The maximum absolute atomic E-state index is 13.7. The number of benzene rings is 3. The number of carbonyl (C=O) groups is 1. The Hall–Kier alpha value is -3.36. The van der Waals surface area contributed by atoms with E-state index < -0.39 is 10.0 Å². The number of nitrogens with zero attached hydrogens (tertiary/aromatic N) is 2. The fourth-order valence-electron chi connectivity index (χ4n) is 3.50. The van der Waals surface area contributed by atoms with Gasteiger partial charge in [-0.3, -0.25) is 4.79 Å². The van der Waals surface area contributed by atoms with Crippen LogP contribution in [0.25, 0.3) is 0 Å². The largest absolute Gasteiger partial charge is 0.497 e. The minimum absolute atomic E-state index is 0.0385. The first-order valence-corrected chi connectivity index (χ1v) is 12.2. The first-order valence-electron chi connectivity index (χ1n) is 10.8. The number of amides is 1. The fourth-order valence-corrected chi connectivity index (χ4v) is 5.12. The van der Waals surface area contributed by atoms with E-state index in [0.29, 0.717) is 6.54 Å². The second-order valence-corrected chi connectivity index (χ2v) is 9.92. The molecule has 0 aromatic heterocycles. The van der Waals surface area contributed by atoms with Gasteiger partial charge in [0.1, 0.15) is 16.4 Å². The number of hydrogen-bond donors (Lipinski definition) is 0. The normalized spacial score (nSPS) is 11.3. The predicted molar refractivity (Wildman–Crippen MR) is 131 cm³/mol. The van der Waals surface area contributed by atoms with Gasteiger partial charge in [-0.05, 0) is 47.9 Å². The molecular weight excluding hydrogens is 452 g/mol. The van der Waals surface area contributed by atoms with Gasteiger partial charge in [0.25, 0.3) is 0 Å². The molecule has 0 aliphatic rings. The minimum atomic E-state index is -4.03. The quantitative estimate of drug-likeness (QED) is 0.439. The molecule has 0 N–H and O–H groups in total. The SMILES string of the molecule is COc1ccc(CN(C)C(=O)CN(Cc2ccccc2)S(=O)(=O)c2cc(C)ccc2OC)cc1. The molecule has 0 fully saturated rings. The average molecular weight is 483 g/mol. The summed E-state index contributed by atoms with van der Waals surface area (Å²) in [7, 11) is 0.652. The number of sulfonamides is 1. The van der Waals surface area contributed by atoms with E-state index in [1.54, 1.807) is 32.4 Å². The summed E-state index contributed by atoms with van der Waals surface area (Å²) in [5.74, 6) is 0.648. The zero-order valence-corrected chi connectivity index (χ0v) is 20.7. The summed E-state index contributed by atoms with van der Waals surface area (Å²) in [6.07, 6.45) is 0. The van der Waals surface area contributed by atoms with E-state index in [-0.39, 0.29) is 29.6 Å². The molecule has 3 aromatic rings. The zero-order valence-electron chi connectivity index (χ0n) is 19.9. The monoisotopic (exact) mass is 482 g/mol. The molecule has 0 atom stereocenters. The summed E-state index contributed by atoms with van der Waals surface area (Å²) in [5.41, 5.74) is 2.47. The van der Waals surface area contributed by atoms with E-state index in [9.17, 15) is 13.2 Å². The Morgan fingerprint density at radius 1 is 0.853 bits per heavy atom. The number of ether oxygens (including phenoxy) is 2. The van der Waals surface area contributed by atoms with Crippen LogP contribution in [0.3, 0.4) is 0 Å². The topological polar surface area (TPSA) is 76.2 Å². The highest BCUT2D eigenvalue weighted by Crippen LogP contribution is 2.29. The highest BCUT2D eigenvalue weighted by molar-refractivity contribution is 7.89. The highest BCUT2D eigenvalue weighted by atomic mass is 32.2. The maximum atomic E-state index is 13.7. The molecule has 0 unspecified atom stereocenters. The lowest BCUT2D eigenvalue weighted by Gasteiger charge is -2.26. The molecular formula is C26H30N2O5S. The maximum Gasteiger partial charge on any atom is 0.247 e. The van der Waals surface area contributed by atoms with Gasteiger partial charge in [-0.2, -0.15) is 4.31 Å². The molecule has 3 rings (SSSR count). The third-order valence-corrected chi connectivity index (χ3v) is 7.27. The van der Waals surface area contributed by atoms with Crippen molar-refractivity contribution >= 4 is 15.9 Å². The lowest BCUT2D eigenvalue weighted by Crippen LogP contribution is -2.41. The van der Waals surface area contributed by atoms with Crippen LogP contribution in [-0.2, 0) is 27.9 Å². The van der Waals surface area contributed by atoms with E-state index in [0.717, 1.165) is 22.4 Å². The molecule has 0 radical (unpaired) electrons. The van der Waals surface area contributed by atoms with Crippen molar-refractivity contribution in [2.24, 2.45) is 0 Å². The Labute approximate surface area is 201 Å². The van der Waals surface area contributed by atoms with Crippen LogP contribution >= 0.6 is 0 Å². The van der Waals surface area contributed by atoms with Gasteiger partial charge >= 0.3 is 0 Å². The smallest absolute Gasteiger partial charge is 0.247 e.